The zero-order valence-corrected chi connectivity index (χ0v) is 13.3. The highest BCUT2D eigenvalue weighted by molar-refractivity contribution is 5.44. The number of nitrogens with zero attached hydrogens (tertiary/aromatic N) is 1. The average molecular weight is 317 g/mol. The van der Waals surface area contributed by atoms with Crippen LogP contribution in [-0.4, -0.2) is 49.7 Å². The summed E-state index contributed by atoms with van der Waals surface area (Å²) in [6.45, 7) is 7.28. The standard InChI is InChI=1S/C18H23NO4/c1-2-8-20-16-6-4-14-18(16)21-9-7-19(14)11-13-3-5-15-17(10-13)23-12-22-15/h2-3,5,10,14,16,18H,1,4,6-9,11-12H2/t14-,16-,18+/m0/s1. The molecule has 4 rings (SSSR count). The molecule has 0 N–H and O–H groups in total. The second kappa shape index (κ2) is 6.51. The number of rotatable bonds is 5. The Balaban J connectivity index is 1.44. The van der Waals surface area contributed by atoms with Gasteiger partial charge in [0.25, 0.3) is 0 Å². The van der Waals surface area contributed by atoms with Gasteiger partial charge < -0.3 is 18.9 Å². The normalized spacial score (nSPS) is 29.5. The molecule has 5 heteroatoms. The molecule has 2 fully saturated rings. The van der Waals surface area contributed by atoms with Crippen LogP contribution in [0.1, 0.15) is 18.4 Å². The molecule has 1 saturated carbocycles. The molecule has 2 heterocycles. The molecular weight excluding hydrogens is 294 g/mol. The molecule has 1 aromatic carbocycles. The fourth-order valence-corrected chi connectivity index (χ4v) is 3.83. The summed E-state index contributed by atoms with van der Waals surface area (Å²) in [6.07, 6.45) is 4.36. The molecule has 3 atom stereocenters. The first-order chi connectivity index (χ1) is 11.3. The van der Waals surface area contributed by atoms with E-state index in [0.717, 1.165) is 44.0 Å². The zero-order chi connectivity index (χ0) is 15.6. The van der Waals surface area contributed by atoms with Crippen molar-refractivity contribution in [2.75, 3.05) is 26.6 Å². The molecule has 23 heavy (non-hydrogen) atoms. The van der Waals surface area contributed by atoms with Crippen molar-refractivity contribution in [3.05, 3.63) is 36.4 Å². The minimum atomic E-state index is 0.178. The summed E-state index contributed by atoms with van der Waals surface area (Å²) in [7, 11) is 0. The van der Waals surface area contributed by atoms with Gasteiger partial charge in [-0.1, -0.05) is 12.1 Å². The van der Waals surface area contributed by atoms with Crippen LogP contribution in [-0.2, 0) is 16.0 Å². The molecule has 1 aromatic rings. The summed E-state index contributed by atoms with van der Waals surface area (Å²) in [5, 5.41) is 0. The predicted octanol–water partition coefficient (Wildman–Crippen LogP) is 2.35. The third-order valence-electron chi connectivity index (χ3n) is 4.90. The number of hydrogen-bond donors (Lipinski definition) is 0. The van der Waals surface area contributed by atoms with Crippen LogP contribution in [0.15, 0.2) is 30.9 Å². The van der Waals surface area contributed by atoms with Crippen LogP contribution in [0.25, 0.3) is 0 Å². The maximum Gasteiger partial charge on any atom is 0.231 e. The van der Waals surface area contributed by atoms with Crippen molar-refractivity contribution in [2.24, 2.45) is 0 Å². The van der Waals surface area contributed by atoms with Crippen LogP contribution in [0.4, 0.5) is 0 Å². The van der Waals surface area contributed by atoms with Crippen molar-refractivity contribution >= 4 is 0 Å². The van der Waals surface area contributed by atoms with Crippen molar-refractivity contribution in [3.8, 4) is 11.5 Å². The predicted molar refractivity (Wildman–Crippen MR) is 85.7 cm³/mol. The van der Waals surface area contributed by atoms with Gasteiger partial charge in [0.1, 0.15) is 0 Å². The molecule has 5 nitrogen and oxygen atoms in total. The van der Waals surface area contributed by atoms with E-state index in [2.05, 4.69) is 23.6 Å². The minimum Gasteiger partial charge on any atom is -0.454 e. The van der Waals surface area contributed by atoms with Gasteiger partial charge in [0.15, 0.2) is 11.5 Å². The first-order valence-electron chi connectivity index (χ1n) is 8.32. The van der Waals surface area contributed by atoms with E-state index in [1.807, 2.05) is 6.07 Å². The van der Waals surface area contributed by atoms with E-state index < -0.39 is 0 Å². The van der Waals surface area contributed by atoms with Crippen molar-refractivity contribution in [1.82, 2.24) is 4.90 Å². The van der Waals surface area contributed by atoms with Gasteiger partial charge in [-0.05, 0) is 30.5 Å². The second-order valence-corrected chi connectivity index (χ2v) is 6.30. The van der Waals surface area contributed by atoms with Crippen molar-refractivity contribution < 1.29 is 18.9 Å². The molecule has 3 aliphatic rings. The molecular formula is C18H23NO4. The van der Waals surface area contributed by atoms with E-state index in [1.54, 1.807) is 6.08 Å². The van der Waals surface area contributed by atoms with Gasteiger partial charge in [0.2, 0.25) is 6.79 Å². The van der Waals surface area contributed by atoms with E-state index in [1.165, 1.54) is 5.56 Å². The lowest BCUT2D eigenvalue weighted by atomic mass is 10.1. The number of ether oxygens (including phenoxy) is 4. The topological polar surface area (TPSA) is 40.2 Å². The third kappa shape index (κ3) is 2.96. The van der Waals surface area contributed by atoms with Gasteiger partial charge in [-0.25, -0.2) is 0 Å². The fraction of sp³-hybridized carbons (Fsp3) is 0.556. The lowest BCUT2D eigenvalue weighted by Crippen LogP contribution is -2.51. The van der Waals surface area contributed by atoms with Crippen LogP contribution in [0.2, 0.25) is 0 Å². The van der Waals surface area contributed by atoms with Gasteiger partial charge in [0, 0.05) is 19.1 Å². The average Bonchev–Trinajstić information content (AvgIpc) is 3.19. The monoisotopic (exact) mass is 317 g/mol. The van der Waals surface area contributed by atoms with Crippen molar-refractivity contribution in [2.45, 2.75) is 37.6 Å². The molecule has 2 aliphatic heterocycles. The second-order valence-electron chi connectivity index (χ2n) is 6.30. The van der Waals surface area contributed by atoms with Crippen molar-refractivity contribution in [3.63, 3.8) is 0 Å². The highest BCUT2D eigenvalue weighted by atomic mass is 16.7. The smallest absolute Gasteiger partial charge is 0.231 e. The largest absolute Gasteiger partial charge is 0.454 e. The summed E-state index contributed by atoms with van der Waals surface area (Å²) in [4.78, 5) is 2.52. The Morgan fingerprint density at radius 1 is 1.26 bits per heavy atom. The highest BCUT2D eigenvalue weighted by Crippen LogP contribution is 2.35. The Morgan fingerprint density at radius 2 is 2.17 bits per heavy atom. The maximum atomic E-state index is 6.01. The molecule has 0 unspecified atom stereocenters. The van der Waals surface area contributed by atoms with Gasteiger partial charge in [-0.2, -0.15) is 0 Å². The van der Waals surface area contributed by atoms with E-state index in [4.69, 9.17) is 18.9 Å². The van der Waals surface area contributed by atoms with E-state index >= 15 is 0 Å². The first kappa shape index (κ1) is 15.0. The molecule has 124 valence electrons. The molecule has 0 radical (unpaired) electrons. The Labute approximate surface area is 136 Å². The Bertz CT molecular complexity index is 576. The van der Waals surface area contributed by atoms with E-state index in [-0.39, 0.29) is 12.2 Å². The summed E-state index contributed by atoms with van der Waals surface area (Å²) in [5.74, 6) is 1.69. The molecule has 0 aromatic heterocycles. The quantitative estimate of drug-likeness (QED) is 0.780. The van der Waals surface area contributed by atoms with Crippen LogP contribution in [0.3, 0.4) is 0 Å². The molecule has 0 spiro atoms. The summed E-state index contributed by atoms with van der Waals surface area (Å²) in [6, 6.07) is 6.65. The number of morpholine rings is 1. The van der Waals surface area contributed by atoms with Gasteiger partial charge in [-0.3, -0.25) is 4.90 Å². The lowest BCUT2D eigenvalue weighted by Gasteiger charge is -2.39. The van der Waals surface area contributed by atoms with Crippen LogP contribution in [0, 0.1) is 0 Å². The van der Waals surface area contributed by atoms with Gasteiger partial charge in [-0.15, -0.1) is 6.58 Å². The molecule has 1 aliphatic carbocycles. The SMILES string of the molecule is C=CCO[C@H]1CC[C@H]2[C@H]1OCCN2Cc1ccc2c(c1)OCO2. The molecule has 0 amide bonds. The van der Waals surface area contributed by atoms with Crippen molar-refractivity contribution in [1.29, 1.82) is 0 Å². The number of benzene rings is 1. The fourth-order valence-electron chi connectivity index (χ4n) is 3.83. The van der Waals surface area contributed by atoms with Gasteiger partial charge >= 0.3 is 0 Å². The Hall–Kier alpha value is -1.56. The summed E-state index contributed by atoms with van der Waals surface area (Å²) < 4.78 is 22.7. The highest BCUT2D eigenvalue weighted by Gasteiger charge is 2.43. The zero-order valence-electron chi connectivity index (χ0n) is 13.3. The number of fused-ring (bicyclic) bond motifs is 2. The van der Waals surface area contributed by atoms with Crippen LogP contribution >= 0.6 is 0 Å². The maximum absolute atomic E-state index is 6.01. The summed E-state index contributed by atoms with van der Waals surface area (Å²) >= 11 is 0. The van der Waals surface area contributed by atoms with Crippen LogP contribution in [0.5, 0.6) is 11.5 Å². The minimum absolute atomic E-state index is 0.178. The first-order valence-corrected chi connectivity index (χ1v) is 8.32. The van der Waals surface area contributed by atoms with Gasteiger partial charge in [0.05, 0.1) is 25.4 Å². The van der Waals surface area contributed by atoms with E-state index in [0.29, 0.717) is 19.4 Å². The molecule has 1 saturated heterocycles. The summed E-state index contributed by atoms with van der Waals surface area (Å²) in [5.41, 5.74) is 1.25. The Kier molecular flexibility index (Phi) is 4.25. The lowest BCUT2D eigenvalue weighted by molar-refractivity contribution is -0.111. The number of hydrogen-bond acceptors (Lipinski definition) is 5. The van der Waals surface area contributed by atoms with Crippen LogP contribution < -0.4 is 9.47 Å². The molecule has 0 bridgehead atoms. The Morgan fingerprint density at radius 3 is 3.09 bits per heavy atom. The van der Waals surface area contributed by atoms with E-state index in [9.17, 15) is 0 Å². The third-order valence-corrected chi connectivity index (χ3v) is 4.90.